The lowest BCUT2D eigenvalue weighted by molar-refractivity contribution is 0.100. The standard InChI is InChI=1S/C20H16Cl2N4O2S/c21-10-5-6-12(14(22)7-10)15-8-16(28-26-15)18(27)19-17(24)13(9-23)20(29-19)25-11-3-1-2-4-11/h5-8,11,25H,1-4,24H2. The van der Waals surface area contributed by atoms with Crippen LogP contribution in [0.5, 0.6) is 0 Å². The molecular weight excluding hydrogens is 431 g/mol. The van der Waals surface area contributed by atoms with E-state index in [9.17, 15) is 10.1 Å². The summed E-state index contributed by atoms with van der Waals surface area (Å²) in [6, 6.07) is 8.88. The average Bonchev–Trinajstić information content (AvgIpc) is 3.42. The van der Waals surface area contributed by atoms with Gasteiger partial charge in [0.05, 0.1) is 10.7 Å². The quantitative estimate of drug-likeness (QED) is 0.483. The van der Waals surface area contributed by atoms with E-state index in [1.54, 1.807) is 18.2 Å². The van der Waals surface area contributed by atoms with Crippen LogP contribution in [0.3, 0.4) is 0 Å². The van der Waals surface area contributed by atoms with Gasteiger partial charge in [-0.3, -0.25) is 4.79 Å². The first kappa shape index (κ1) is 19.8. The summed E-state index contributed by atoms with van der Waals surface area (Å²) in [4.78, 5) is 13.2. The van der Waals surface area contributed by atoms with Crippen LogP contribution in [0.25, 0.3) is 11.3 Å². The Hall–Kier alpha value is -2.53. The van der Waals surface area contributed by atoms with Crippen LogP contribution in [0.2, 0.25) is 10.0 Å². The number of nitrogens with two attached hydrogens (primary N) is 1. The molecule has 1 aromatic carbocycles. The van der Waals surface area contributed by atoms with Gasteiger partial charge in [0.15, 0.2) is 0 Å². The molecule has 3 N–H and O–H groups in total. The number of ketones is 1. The molecule has 0 amide bonds. The maximum Gasteiger partial charge on any atom is 0.243 e. The Labute approximate surface area is 181 Å². The first-order valence-corrected chi connectivity index (χ1v) is 10.6. The van der Waals surface area contributed by atoms with Gasteiger partial charge in [0.1, 0.15) is 27.2 Å². The summed E-state index contributed by atoms with van der Waals surface area (Å²) in [5, 5.41) is 18.3. The third-order valence-corrected chi connectivity index (χ3v) is 6.58. The van der Waals surface area contributed by atoms with Crippen LogP contribution < -0.4 is 11.1 Å². The second-order valence-electron chi connectivity index (χ2n) is 6.82. The van der Waals surface area contributed by atoms with Gasteiger partial charge >= 0.3 is 0 Å². The summed E-state index contributed by atoms with van der Waals surface area (Å²) in [6.45, 7) is 0. The molecule has 0 aliphatic heterocycles. The largest absolute Gasteiger partial charge is 0.396 e. The molecule has 1 aliphatic carbocycles. The van der Waals surface area contributed by atoms with E-state index >= 15 is 0 Å². The molecule has 2 heterocycles. The third-order valence-electron chi connectivity index (χ3n) is 4.89. The summed E-state index contributed by atoms with van der Waals surface area (Å²) < 4.78 is 5.25. The number of rotatable bonds is 5. The number of halogens is 2. The smallest absolute Gasteiger partial charge is 0.243 e. The molecule has 4 rings (SSSR count). The highest BCUT2D eigenvalue weighted by atomic mass is 35.5. The van der Waals surface area contributed by atoms with Crippen LogP contribution in [0.4, 0.5) is 10.7 Å². The molecule has 2 aromatic heterocycles. The van der Waals surface area contributed by atoms with Gasteiger partial charge in [-0.2, -0.15) is 5.26 Å². The van der Waals surface area contributed by atoms with Crippen LogP contribution in [0.1, 0.15) is 46.7 Å². The zero-order chi connectivity index (χ0) is 20.5. The molecule has 3 aromatic rings. The second-order valence-corrected chi connectivity index (χ2v) is 8.68. The molecule has 0 radical (unpaired) electrons. The third kappa shape index (κ3) is 3.84. The van der Waals surface area contributed by atoms with E-state index in [1.165, 1.54) is 17.4 Å². The fraction of sp³-hybridized carbons (Fsp3) is 0.250. The van der Waals surface area contributed by atoms with E-state index < -0.39 is 5.78 Å². The Morgan fingerprint density at radius 2 is 2.07 bits per heavy atom. The van der Waals surface area contributed by atoms with Gasteiger partial charge in [-0.15, -0.1) is 11.3 Å². The lowest BCUT2D eigenvalue weighted by atomic mass is 10.1. The van der Waals surface area contributed by atoms with Gasteiger partial charge in [0.25, 0.3) is 0 Å². The zero-order valence-corrected chi connectivity index (χ0v) is 17.5. The van der Waals surface area contributed by atoms with Crippen molar-refractivity contribution in [2.45, 2.75) is 31.7 Å². The fourth-order valence-electron chi connectivity index (χ4n) is 3.40. The van der Waals surface area contributed by atoms with E-state index in [-0.39, 0.29) is 16.3 Å². The number of nitrogen functional groups attached to an aromatic ring is 1. The molecule has 0 saturated heterocycles. The van der Waals surface area contributed by atoms with Crippen LogP contribution in [-0.4, -0.2) is 17.0 Å². The van der Waals surface area contributed by atoms with Crippen LogP contribution >= 0.6 is 34.5 Å². The number of carbonyl (C=O) groups excluding carboxylic acids is 1. The minimum atomic E-state index is -0.424. The highest BCUT2D eigenvalue weighted by Crippen LogP contribution is 2.39. The average molecular weight is 447 g/mol. The molecule has 1 fully saturated rings. The van der Waals surface area contributed by atoms with Gasteiger partial charge in [-0.1, -0.05) is 41.2 Å². The molecule has 0 bridgehead atoms. The molecule has 0 unspecified atom stereocenters. The lowest BCUT2D eigenvalue weighted by Gasteiger charge is -2.11. The van der Waals surface area contributed by atoms with Crippen molar-refractivity contribution < 1.29 is 9.32 Å². The summed E-state index contributed by atoms with van der Waals surface area (Å²) in [6.07, 6.45) is 4.39. The predicted molar refractivity (Wildman–Crippen MR) is 115 cm³/mol. The number of nitrogens with zero attached hydrogens (tertiary/aromatic N) is 2. The Morgan fingerprint density at radius 1 is 1.31 bits per heavy atom. The fourth-order valence-corrected chi connectivity index (χ4v) is 5.00. The second kappa shape index (κ2) is 8.07. The van der Waals surface area contributed by atoms with Crippen molar-refractivity contribution in [1.82, 2.24) is 5.16 Å². The number of nitrogens with one attached hydrogen (secondary N) is 1. The van der Waals surface area contributed by atoms with E-state index in [1.807, 2.05) is 0 Å². The molecule has 0 spiro atoms. The minimum absolute atomic E-state index is 0.0240. The number of anilines is 2. The topological polar surface area (TPSA) is 105 Å². The molecule has 0 atom stereocenters. The Morgan fingerprint density at radius 3 is 2.76 bits per heavy atom. The maximum absolute atomic E-state index is 13.0. The van der Waals surface area contributed by atoms with Gasteiger partial charge in [-0.05, 0) is 31.0 Å². The normalized spacial score (nSPS) is 14.1. The van der Waals surface area contributed by atoms with E-state index in [0.717, 1.165) is 25.7 Å². The van der Waals surface area contributed by atoms with Crippen molar-refractivity contribution in [2.75, 3.05) is 11.1 Å². The summed E-state index contributed by atoms with van der Waals surface area (Å²) in [5.74, 6) is -0.400. The molecule has 9 heteroatoms. The number of thiophene rings is 1. The van der Waals surface area contributed by atoms with Crippen molar-refractivity contribution in [2.24, 2.45) is 0 Å². The molecule has 6 nitrogen and oxygen atoms in total. The first-order valence-electron chi connectivity index (χ1n) is 9.03. The first-order chi connectivity index (χ1) is 14.0. The number of benzene rings is 1. The highest BCUT2D eigenvalue weighted by molar-refractivity contribution is 7.19. The number of hydrogen-bond acceptors (Lipinski definition) is 7. The molecule has 29 heavy (non-hydrogen) atoms. The van der Waals surface area contributed by atoms with Crippen molar-refractivity contribution >= 4 is 51.0 Å². The van der Waals surface area contributed by atoms with E-state index in [2.05, 4.69) is 16.5 Å². The Kier molecular flexibility index (Phi) is 5.50. The zero-order valence-electron chi connectivity index (χ0n) is 15.2. The summed E-state index contributed by atoms with van der Waals surface area (Å²) in [7, 11) is 0. The number of nitriles is 1. The Balaban J connectivity index is 1.64. The van der Waals surface area contributed by atoms with Crippen LogP contribution in [0.15, 0.2) is 28.8 Å². The minimum Gasteiger partial charge on any atom is -0.396 e. The lowest BCUT2D eigenvalue weighted by Crippen LogP contribution is -2.14. The predicted octanol–water partition coefficient (Wildman–Crippen LogP) is 5.75. The van der Waals surface area contributed by atoms with Crippen LogP contribution in [0, 0.1) is 11.3 Å². The van der Waals surface area contributed by atoms with Gasteiger partial charge in [-0.25, -0.2) is 0 Å². The Bertz CT molecular complexity index is 1130. The maximum atomic E-state index is 13.0. The highest BCUT2D eigenvalue weighted by Gasteiger charge is 2.27. The van der Waals surface area contributed by atoms with Crippen molar-refractivity contribution in [3.63, 3.8) is 0 Å². The monoisotopic (exact) mass is 446 g/mol. The van der Waals surface area contributed by atoms with E-state index in [0.29, 0.717) is 37.9 Å². The van der Waals surface area contributed by atoms with Crippen LogP contribution in [-0.2, 0) is 0 Å². The van der Waals surface area contributed by atoms with Crippen molar-refractivity contribution in [1.29, 1.82) is 5.26 Å². The van der Waals surface area contributed by atoms with Gasteiger partial charge < -0.3 is 15.6 Å². The number of hydrogen-bond donors (Lipinski definition) is 2. The van der Waals surface area contributed by atoms with Crippen molar-refractivity contribution in [3.05, 3.63) is 50.5 Å². The SMILES string of the molecule is N#Cc1c(NC2CCCC2)sc(C(=O)c2cc(-c3ccc(Cl)cc3Cl)no2)c1N. The molecular formula is C20H16Cl2N4O2S. The molecule has 1 saturated carbocycles. The van der Waals surface area contributed by atoms with E-state index in [4.69, 9.17) is 33.5 Å². The summed E-state index contributed by atoms with van der Waals surface area (Å²) >= 11 is 13.3. The molecule has 1 aliphatic rings. The molecule has 148 valence electrons. The van der Waals surface area contributed by atoms with Gasteiger partial charge in [0, 0.05) is 22.7 Å². The van der Waals surface area contributed by atoms with Crippen molar-refractivity contribution in [3.8, 4) is 17.3 Å². The van der Waals surface area contributed by atoms with Gasteiger partial charge in [0.2, 0.25) is 11.5 Å². The number of carbonyl (C=O) groups is 1. The summed E-state index contributed by atoms with van der Waals surface area (Å²) in [5.41, 5.74) is 7.58. The number of aromatic nitrogens is 1.